The van der Waals surface area contributed by atoms with E-state index in [9.17, 15) is 52.7 Å². The van der Waals surface area contributed by atoms with Crippen LogP contribution >= 0.6 is 21.6 Å². The van der Waals surface area contributed by atoms with Gasteiger partial charge in [0, 0.05) is 58.0 Å². The lowest BCUT2D eigenvalue weighted by Crippen LogP contribution is -2.61. The number of aliphatic imine (C=N–C) groups is 1. The van der Waals surface area contributed by atoms with Crippen molar-refractivity contribution < 1.29 is 52.7 Å². The van der Waals surface area contributed by atoms with Gasteiger partial charge in [0.1, 0.15) is 42.3 Å². The number of likely N-dealkylation sites (N-methyl/N-ethyl adjacent to an activating group) is 2. The van der Waals surface area contributed by atoms with Crippen molar-refractivity contribution in [1.82, 2.24) is 41.3 Å². The zero-order valence-electron chi connectivity index (χ0n) is 42.4. The van der Waals surface area contributed by atoms with Crippen molar-refractivity contribution >= 4 is 92.5 Å². The van der Waals surface area contributed by atoms with E-state index in [1.165, 1.54) is 28.8 Å². The Labute approximate surface area is 447 Å². The summed E-state index contributed by atoms with van der Waals surface area (Å²) in [5.41, 5.74) is 34.9. The first-order valence-electron chi connectivity index (χ1n) is 24.4. The molecule has 2 aliphatic heterocycles. The Balaban J connectivity index is 1.75. The van der Waals surface area contributed by atoms with Crippen LogP contribution in [0.4, 0.5) is 0 Å². The lowest BCUT2D eigenvalue weighted by molar-refractivity contribution is -0.148. The van der Waals surface area contributed by atoms with Gasteiger partial charge in [0.15, 0.2) is 5.96 Å². The zero-order chi connectivity index (χ0) is 56.1. The van der Waals surface area contributed by atoms with Crippen molar-refractivity contribution in [3.8, 4) is 0 Å². The molecule has 8 atom stereocenters. The zero-order valence-corrected chi connectivity index (χ0v) is 44.0. The van der Waals surface area contributed by atoms with Gasteiger partial charge < -0.3 is 75.7 Å². The Bertz CT molecular complexity index is 2440. The predicted molar refractivity (Wildman–Crippen MR) is 283 cm³/mol. The molecule has 2 aromatic carbocycles. The number of nitrogens with two attached hydrogens (primary N) is 6. The fraction of sp³-hybridized carbons (Fsp3) is 0.500. The number of hydrogen-bond donors (Lipinski definition) is 11. The summed E-state index contributed by atoms with van der Waals surface area (Å²) < 4.78 is 0. The van der Waals surface area contributed by atoms with Gasteiger partial charge in [-0.15, -0.1) is 0 Å². The number of rotatable bonds is 19. The first kappa shape index (κ1) is 61.1. The van der Waals surface area contributed by atoms with Crippen molar-refractivity contribution in [1.29, 1.82) is 0 Å². The van der Waals surface area contributed by atoms with Crippen molar-refractivity contribution in [2.75, 3.05) is 45.2 Å². The van der Waals surface area contributed by atoms with E-state index in [1.807, 2.05) is 0 Å². The van der Waals surface area contributed by atoms with Crippen LogP contribution in [0.25, 0.3) is 0 Å². The van der Waals surface area contributed by atoms with Crippen LogP contribution in [0.5, 0.6) is 0 Å². The Morgan fingerprint density at radius 1 is 0.724 bits per heavy atom. The van der Waals surface area contributed by atoms with E-state index in [4.69, 9.17) is 34.4 Å². The summed E-state index contributed by atoms with van der Waals surface area (Å²) in [5.74, 6) is -9.84. The molecule has 0 saturated carbocycles. The van der Waals surface area contributed by atoms with E-state index in [2.05, 4.69) is 31.6 Å². The number of amides is 11. The molecule has 0 unspecified atom stereocenters. The number of nitrogens with one attached hydrogen (secondary N) is 5. The number of primary amides is 3. The van der Waals surface area contributed by atoms with Gasteiger partial charge in [0.25, 0.3) is 0 Å². The summed E-state index contributed by atoms with van der Waals surface area (Å²) in [7, 11) is 4.88. The molecule has 2 aliphatic rings. The number of guanidine groups is 1. The summed E-state index contributed by atoms with van der Waals surface area (Å²) in [4.78, 5) is 158. The molecular formula is C48H69N15O11S2. The predicted octanol–water partition coefficient (Wildman–Crippen LogP) is -4.43. The first-order chi connectivity index (χ1) is 36.1. The van der Waals surface area contributed by atoms with E-state index in [0.29, 0.717) is 17.5 Å². The monoisotopic (exact) mass is 1100 g/mol. The molecular weight excluding hydrogens is 1030 g/mol. The number of carbonyl (C=O) groups is 11. The van der Waals surface area contributed by atoms with E-state index in [-0.39, 0.29) is 62.7 Å². The molecule has 2 saturated heterocycles. The highest BCUT2D eigenvalue weighted by Crippen LogP contribution is 2.27. The van der Waals surface area contributed by atoms with E-state index < -0.39 is 139 Å². The Kier molecular flexibility index (Phi) is 24.3. The molecule has 414 valence electrons. The molecule has 2 heterocycles. The minimum Gasteiger partial charge on any atom is -0.370 e. The molecule has 17 N–H and O–H groups in total. The van der Waals surface area contributed by atoms with E-state index >= 15 is 0 Å². The first-order valence-corrected chi connectivity index (χ1v) is 26.9. The van der Waals surface area contributed by atoms with E-state index in [0.717, 1.165) is 21.6 Å². The second-order valence-electron chi connectivity index (χ2n) is 18.2. The standard InChI is InChI=1S/C48H69N15O11S2/c1-61-35(21-27-11-5-3-6-12-27)44(71)58-31(17-18-37(50)64)41(68)59-32(23-38(51)65)42(69)60-33(26-76-75-25-29(49)45(72)62(2)36(47(61)74)22-28-13-7-4-8-14-28)46(73)63-20-10-16-34(63)43(70)57-30(15-9-19-55-48(53)54)40(67)56-24-39(52)66/h3-8,11-14,29-36H,9-10,15-26,49H2,1-2H3,(H2,50,64)(H2,51,65)(H2,52,66)(H,56,67)(H,57,70)(H,58,71)(H,59,68)(H,60,69)(H4,53,54,55)/t29-,30-,31-,32-,33-,34-,35-,36-/m0/s1. The third-order valence-electron chi connectivity index (χ3n) is 12.5. The number of hydrogen-bond acceptors (Lipinski definition) is 15. The Morgan fingerprint density at radius 2 is 1.30 bits per heavy atom. The molecule has 26 nitrogen and oxygen atoms in total. The van der Waals surface area contributed by atoms with E-state index in [1.54, 1.807) is 60.7 Å². The summed E-state index contributed by atoms with van der Waals surface area (Å²) in [6.07, 6.45) is -1.07. The minimum atomic E-state index is -1.78. The second-order valence-corrected chi connectivity index (χ2v) is 20.8. The smallest absolute Gasteiger partial charge is 0.246 e. The summed E-state index contributed by atoms with van der Waals surface area (Å²) >= 11 is 0. The van der Waals surface area contributed by atoms with Gasteiger partial charge in [-0.25, -0.2) is 0 Å². The van der Waals surface area contributed by atoms with Gasteiger partial charge in [-0.3, -0.25) is 57.7 Å². The molecule has 28 heteroatoms. The molecule has 0 spiro atoms. The number of likely N-dealkylation sites (tertiary alicyclic amines) is 1. The Morgan fingerprint density at radius 3 is 1.89 bits per heavy atom. The van der Waals surface area contributed by atoms with Crippen molar-refractivity contribution in [2.24, 2.45) is 39.4 Å². The van der Waals surface area contributed by atoms with Crippen LogP contribution in [0.2, 0.25) is 0 Å². The van der Waals surface area contributed by atoms with Gasteiger partial charge in [-0.05, 0) is 43.2 Å². The molecule has 76 heavy (non-hydrogen) atoms. The number of benzene rings is 2. The van der Waals surface area contributed by atoms with Crippen LogP contribution in [-0.4, -0.2) is 179 Å². The number of nitrogens with zero attached hydrogens (tertiary/aromatic N) is 4. The summed E-state index contributed by atoms with van der Waals surface area (Å²) in [6, 6.07) is 6.44. The third-order valence-corrected chi connectivity index (χ3v) is 14.9. The SMILES string of the molecule is CN1C(=O)[C@@H](N)CSSC[C@@H](C(=O)N2CCC[C@H]2C(=O)N[C@@H](CCCN=C(N)N)C(=O)NCC(N)=O)NC(=O)[C@H](CC(N)=O)NC(=O)[C@H](CCC(N)=O)NC(=O)[C@H](Cc2ccccc2)N(C)C(=O)[C@@H]1Cc1ccccc1. The van der Waals surface area contributed by atoms with Crippen LogP contribution in [-0.2, 0) is 65.6 Å². The van der Waals surface area contributed by atoms with Gasteiger partial charge in [-0.2, -0.15) is 0 Å². The molecule has 0 radical (unpaired) electrons. The van der Waals surface area contributed by atoms with Crippen molar-refractivity contribution in [3.63, 3.8) is 0 Å². The van der Waals surface area contributed by atoms with Gasteiger partial charge in [0.05, 0.1) is 19.0 Å². The summed E-state index contributed by atoms with van der Waals surface area (Å²) in [6.45, 7) is -0.414. The molecule has 0 aliphatic carbocycles. The van der Waals surface area contributed by atoms with Crippen LogP contribution in [0.1, 0.15) is 56.1 Å². The average Bonchev–Trinajstić information content (AvgIpc) is 3.88. The van der Waals surface area contributed by atoms with Crippen LogP contribution in [0.3, 0.4) is 0 Å². The largest absolute Gasteiger partial charge is 0.370 e. The molecule has 0 bridgehead atoms. The maximum Gasteiger partial charge on any atom is 0.246 e. The topological polar surface area (TPSA) is 426 Å². The normalized spacial score (nSPS) is 22.8. The van der Waals surface area contributed by atoms with Crippen LogP contribution in [0, 0.1) is 0 Å². The maximum atomic E-state index is 14.8. The molecule has 0 aromatic heterocycles. The number of carbonyl (C=O) groups excluding carboxylic acids is 11. The molecule has 2 fully saturated rings. The van der Waals surface area contributed by atoms with Crippen molar-refractivity contribution in [3.05, 3.63) is 71.8 Å². The third kappa shape index (κ3) is 19.0. The van der Waals surface area contributed by atoms with Crippen LogP contribution < -0.4 is 61.0 Å². The highest BCUT2D eigenvalue weighted by Gasteiger charge is 2.42. The van der Waals surface area contributed by atoms with Gasteiger partial charge in [0.2, 0.25) is 65.0 Å². The second kappa shape index (κ2) is 30.2. The lowest BCUT2D eigenvalue weighted by atomic mass is 9.99. The molecule has 2 aromatic rings. The van der Waals surface area contributed by atoms with Gasteiger partial charge in [-0.1, -0.05) is 82.3 Å². The fourth-order valence-corrected chi connectivity index (χ4v) is 10.6. The van der Waals surface area contributed by atoms with Crippen LogP contribution in [0.15, 0.2) is 65.7 Å². The van der Waals surface area contributed by atoms with Crippen molar-refractivity contribution in [2.45, 2.75) is 106 Å². The molecule has 4 rings (SSSR count). The minimum absolute atomic E-state index is 0.00696. The maximum absolute atomic E-state index is 14.8. The fourth-order valence-electron chi connectivity index (χ4n) is 8.38. The highest BCUT2D eigenvalue weighted by atomic mass is 33.1. The lowest BCUT2D eigenvalue weighted by Gasteiger charge is -2.36. The van der Waals surface area contributed by atoms with Gasteiger partial charge >= 0.3 is 0 Å². The average molecular weight is 1100 g/mol. The summed E-state index contributed by atoms with van der Waals surface area (Å²) in [5, 5.41) is 12.6. The molecule has 11 amide bonds. The Hall–Kier alpha value is -7.46. The highest BCUT2D eigenvalue weighted by molar-refractivity contribution is 8.76. The quantitative estimate of drug-likeness (QED) is 0.0274.